The third-order valence-corrected chi connectivity index (χ3v) is 4.12. The standard InChI is InChI=1S/C13H23N3S/c1-2-8-16(11-13-15-7-9-17-13)10-12-3-5-14-6-4-12/h7,9,12,14H,2-6,8,10-11H2,1H3. The third kappa shape index (κ3) is 4.37. The van der Waals surface area contributed by atoms with Gasteiger partial charge in [0.1, 0.15) is 5.01 Å². The topological polar surface area (TPSA) is 28.2 Å². The van der Waals surface area contributed by atoms with Crippen molar-refractivity contribution >= 4 is 11.3 Å². The van der Waals surface area contributed by atoms with E-state index < -0.39 is 0 Å². The second kappa shape index (κ2) is 7.09. The van der Waals surface area contributed by atoms with Crippen LogP contribution in [-0.4, -0.2) is 36.1 Å². The summed E-state index contributed by atoms with van der Waals surface area (Å²) in [6.45, 7) is 8.13. The zero-order chi connectivity index (χ0) is 11.9. The van der Waals surface area contributed by atoms with E-state index >= 15 is 0 Å². The summed E-state index contributed by atoms with van der Waals surface area (Å²) in [5, 5.41) is 6.77. The maximum atomic E-state index is 4.40. The van der Waals surface area contributed by atoms with Crippen molar-refractivity contribution in [2.45, 2.75) is 32.7 Å². The van der Waals surface area contributed by atoms with E-state index in [1.165, 1.54) is 50.4 Å². The number of nitrogens with zero attached hydrogens (tertiary/aromatic N) is 2. The first-order valence-electron chi connectivity index (χ1n) is 6.70. The van der Waals surface area contributed by atoms with Crippen LogP contribution in [0.4, 0.5) is 0 Å². The summed E-state index contributed by atoms with van der Waals surface area (Å²) in [4.78, 5) is 6.97. The van der Waals surface area contributed by atoms with Crippen molar-refractivity contribution in [3.8, 4) is 0 Å². The van der Waals surface area contributed by atoms with E-state index in [-0.39, 0.29) is 0 Å². The highest BCUT2D eigenvalue weighted by atomic mass is 32.1. The minimum Gasteiger partial charge on any atom is -0.317 e. The van der Waals surface area contributed by atoms with Crippen molar-refractivity contribution in [2.24, 2.45) is 5.92 Å². The molecule has 1 N–H and O–H groups in total. The summed E-state index contributed by atoms with van der Waals surface area (Å²) in [7, 11) is 0. The SMILES string of the molecule is CCCN(Cc1nccs1)CC1CCNCC1. The maximum absolute atomic E-state index is 4.40. The molecule has 0 saturated carbocycles. The van der Waals surface area contributed by atoms with Crippen LogP contribution < -0.4 is 5.32 Å². The van der Waals surface area contributed by atoms with E-state index in [1.807, 2.05) is 6.20 Å². The minimum atomic E-state index is 0.878. The van der Waals surface area contributed by atoms with Crippen molar-refractivity contribution in [2.75, 3.05) is 26.2 Å². The molecule has 0 aromatic carbocycles. The molecule has 0 radical (unpaired) electrons. The van der Waals surface area contributed by atoms with Crippen LogP contribution in [0.1, 0.15) is 31.2 Å². The summed E-state index contributed by atoms with van der Waals surface area (Å²) >= 11 is 1.77. The third-order valence-electron chi connectivity index (χ3n) is 3.36. The Hall–Kier alpha value is -0.450. The van der Waals surface area contributed by atoms with E-state index in [0.717, 1.165) is 12.5 Å². The monoisotopic (exact) mass is 253 g/mol. The van der Waals surface area contributed by atoms with Gasteiger partial charge in [-0.15, -0.1) is 11.3 Å². The molecule has 0 atom stereocenters. The Bertz CT molecular complexity index is 294. The summed E-state index contributed by atoms with van der Waals surface area (Å²) in [5.74, 6) is 0.878. The number of piperidine rings is 1. The lowest BCUT2D eigenvalue weighted by Crippen LogP contribution is -2.36. The van der Waals surface area contributed by atoms with Crippen LogP contribution in [0.3, 0.4) is 0 Å². The molecular weight excluding hydrogens is 230 g/mol. The van der Waals surface area contributed by atoms with Crippen LogP contribution in [-0.2, 0) is 6.54 Å². The summed E-state index contributed by atoms with van der Waals surface area (Å²) in [5.41, 5.74) is 0. The van der Waals surface area contributed by atoms with E-state index in [1.54, 1.807) is 11.3 Å². The highest BCUT2D eigenvalue weighted by Crippen LogP contribution is 2.16. The maximum Gasteiger partial charge on any atom is 0.107 e. The number of aromatic nitrogens is 1. The van der Waals surface area contributed by atoms with Crippen LogP contribution in [0.2, 0.25) is 0 Å². The van der Waals surface area contributed by atoms with Gasteiger partial charge in [-0.25, -0.2) is 4.98 Å². The highest BCUT2D eigenvalue weighted by molar-refractivity contribution is 7.09. The van der Waals surface area contributed by atoms with Gasteiger partial charge in [-0.3, -0.25) is 4.90 Å². The normalized spacial score (nSPS) is 17.8. The zero-order valence-corrected chi connectivity index (χ0v) is 11.5. The first kappa shape index (κ1) is 13.0. The summed E-state index contributed by atoms with van der Waals surface area (Å²) < 4.78 is 0. The van der Waals surface area contributed by atoms with Crippen LogP contribution in [0.25, 0.3) is 0 Å². The smallest absolute Gasteiger partial charge is 0.107 e. The van der Waals surface area contributed by atoms with E-state index in [9.17, 15) is 0 Å². The molecule has 1 aromatic rings. The predicted molar refractivity (Wildman–Crippen MR) is 73.3 cm³/mol. The number of hydrogen-bond acceptors (Lipinski definition) is 4. The molecule has 1 aromatic heterocycles. The first-order chi connectivity index (χ1) is 8.38. The van der Waals surface area contributed by atoms with Gasteiger partial charge >= 0.3 is 0 Å². The molecule has 1 aliphatic heterocycles. The number of hydrogen-bond donors (Lipinski definition) is 1. The lowest BCUT2D eigenvalue weighted by atomic mass is 9.97. The molecule has 4 heteroatoms. The summed E-state index contributed by atoms with van der Waals surface area (Å²) in [6, 6.07) is 0. The minimum absolute atomic E-state index is 0.878. The Labute approximate surface area is 108 Å². The fraction of sp³-hybridized carbons (Fsp3) is 0.769. The quantitative estimate of drug-likeness (QED) is 0.843. The lowest BCUT2D eigenvalue weighted by molar-refractivity contribution is 0.198. The number of nitrogens with one attached hydrogen (secondary N) is 1. The van der Waals surface area contributed by atoms with Crippen LogP contribution in [0.5, 0.6) is 0 Å². The lowest BCUT2D eigenvalue weighted by Gasteiger charge is -2.29. The largest absolute Gasteiger partial charge is 0.317 e. The van der Waals surface area contributed by atoms with Crippen molar-refractivity contribution in [3.05, 3.63) is 16.6 Å². The Balaban J connectivity index is 1.83. The van der Waals surface area contributed by atoms with Crippen LogP contribution >= 0.6 is 11.3 Å². The average Bonchev–Trinajstić information content (AvgIpc) is 2.83. The first-order valence-corrected chi connectivity index (χ1v) is 7.58. The summed E-state index contributed by atoms with van der Waals surface area (Å²) in [6.07, 6.45) is 5.81. The van der Waals surface area contributed by atoms with E-state index in [4.69, 9.17) is 0 Å². The van der Waals surface area contributed by atoms with Gasteiger partial charge in [0.05, 0.1) is 6.54 Å². The molecule has 17 heavy (non-hydrogen) atoms. The molecule has 0 bridgehead atoms. The molecule has 3 nitrogen and oxygen atoms in total. The molecule has 0 aliphatic carbocycles. The Morgan fingerprint density at radius 1 is 1.47 bits per heavy atom. The number of rotatable bonds is 6. The van der Waals surface area contributed by atoms with Gasteiger partial charge in [-0.2, -0.15) is 0 Å². The molecule has 0 spiro atoms. The molecule has 1 saturated heterocycles. The van der Waals surface area contributed by atoms with Crippen molar-refractivity contribution in [3.63, 3.8) is 0 Å². The van der Waals surface area contributed by atoms with Gasteiger partial charge < -0.3 is 5.32 Å². The van der Waals surface area contributed by atoms with Gasteiger partial charge in [-0.1, -0.05) is 6.92 Å². The molecule has 2 heterocycles. The van der Waals surface area contributed by atoms with Gasteiger partial charge in [0.2, 0.25) is 0 Å². The second-order valence-corrected chi connectivity index (χ2v) is 5.83. The average molecular weight is 253 g/mol. The number of thiazole rings is 1. The molecule has 2 rings (SSSR count). The van der Waals surface area contributed by atoms with Crippen LogP contribution in [0, 0.1) is 5.92 Å². The van der Waals surface area contributed by atoms with E-state index in [2.05, 4.69) is 27.5 Å². The zero-order valence-electron chi connectivity index (χ0n) is 10.7. The molecule has 1 fully saturated rings. The van der Waals surface area contributed by atoms with Gasteiger partial charge in [0.15, 0.2) is 0 Å². The van der Waals surface area contributed by atoms with Crippen molar-refractivity contribution in [1.82, 2.24) is 15.2 Å². The Kier molecular flexibility index (Phi) is 5.42. The molecular formula is C13H23N3S. The van der Waals surface area contributed by atoms with Gasteiger partial charge in [0.25, 0.3) is 0 Å². The predicted octanol–water partition coefficient (Wildman–Crippen LogP) is 2.35. The Morgan fingerprint density at radius 3 is 2.94 bits per heavy atom. The molecule has 0 amide bonds. The van der Waals surface area contributed by atoms with Gasteiger partial charge in [0, 0.05) is 18.1 Å². The van der Waals surface area contributed by atoms with Crippen LogP contribution in [0.15, 0.2) is 11.6 Å². The van der Waals surface area contributed by atoms with E-state index in [0.29, 0.717) is 0 Å². The highest BCUT2D eigenvalue weighted by Gasteiger charge is 2.17. The Morgan fingerprint density at radius 2 is 2.29 bits per heavy atom. The van der Waals surface area contributed by atoms with Crippen molar-refractivity contribution < 1.29 is 0 Å². The second-order valence-electron chi connectivity index (χ2n) is 4.85. The molecule has 1 aliphatic rings. The fourth-order valence-electron chi connectivity index (χ4n) is 2.50. The molecule has 0 unspecified atom stereocenters. The van der Waals surface area contributed by atoms with Gasteiger partial charge in [-0.05, 0) is 44.8 Å². The fourth-order valence-corrected chi connectivity index (χ4v) is 3.16. The van der Waals surface area contributed by atoms with Crippen molar-refractivity contribution in [1.29, 1.82) is 0 Å². The molecule has 96 valence electrons.